The Morgan fingerprint density at radius 2 is 2.12 bits per heavy atom. The van der Waals surface area contributed by atoms with E-state index >= 15 is 0 Å². The molecule has 1 heterocycles. The van der Waals surface area contributed by atoms with E-state index < -0.39 is 5.41 Å². The minimum atomic E-state index is -0.899. The lowest BCUT2D eigenvalue weighted by molar-refractivity contribution is -0.170. The van der Waals surface area contributed by atoms with Crippen LogP contribution in [0.2, 0.25) is 0 Å². The van der Waals surface area contributed by atoms with Gasteiger partial charge in [-0.1, -0.05) is 36.8 Å². The average Bonchev–Trinajstić information content (AvgIpc) is 2.57. The van der Waals surface area contributed by atoms with Crippen LogP contribution in [0.1, 0.15) is 38.2 Å². The van der Waals surface area contributed by atoms with Gasteiger partial charge in [0.05, 0.1) is 6.61 Å². The minimum Gasteiger partial charge on any atom is -0.465 e. The Kier molecular flexibility index (Phi) is 5.34. The Balaban J connectivity index is 1.63. The monoisotopic (exact) mass is 329 g/mol. The van der Waals surface area contributed by atoms with E-state index in [2.05, 4.69) is 29.2 Å². The number of Topliss-reactive ketones (excluding diaryl/α,β-unsaturated/α-hetero) is 1. The van der Waals surface area contributed by atoms with Crippen LogP contribution in [0.3, 0.4) is 0 Å². The molecule has 1 aliphatic heterocycles. The van der Waals surface area contributed by atoms with Crippen LogP contribution in [0.4, 0.5) is 0 Å². The fraction of sp³-hybridized carbons (Fsp3) is 0.600. The number of carbonyl (C=O) groups excluding carboxylic acids is 2. The number of ether oxygens (including phenoxy) is 1. The van der Waals surface area contributed by atoms with Crippen LogP contribution in [-0.4, -0.2) is 42.9 Å². The highest BCUT2D eigenvalue weighted by Crippen LogP contribution is 2.42. The molecule has 0 N–H and O–H groups in total. The van der Waals surface area contributed by atoms with Crippen LogP contribution >= 0.6 is 0 Å². The van der Waals surface area contributed by atoms with Crippen LogP contribution in [0, 0.1) is 11.3 Å². The van der Waals surface area contributed by atoms with Gasteiger partial charge in [0.25, 0.3) is 0 Å². The van der Waals surface area contributed by atoms with E-state index in [0.717, 1.165) is 38.8 Å². The molecule has 0 amide bonds. The molecule has 2 atom stereocenters. The third-order valence-corrected chi connectivity index (χ3v) is 5.42. The smallest absolute Gasteiger partial charge is 0.320 e. The molecule has 1 saturated carbocycles. The number of rotatable bonds is 6. The van der Waals surface area contributed by atoms with Crippen molar-refractivity contribution in [3.8, 4) is 0 Å². The predicted octanol–water partition coefficient (Wildman–Crippen LogP) is 2.85. The molecular formula is C20H27NO3. The molecule has 0 spiro atoms. The Morgan fingerprint density at radius 1 is 1.33 bits per heavy atom. The lowest BCUT2D eigenvalue weighted by atomic mass is 9.65. The molecule has 0 radical (unpaired) electrons. The lowest BCUT2D eigenvalue weighted by Crippen LogP contribution is -2.60. The molecule has 1 saturated heterocycles. The summed E-state index contributed by atoms with van der Waals surface area (Å²) in [6, 6.07) is 10.5. The summed E-state index contributed by atoms with van der Waals surface area (Å²) in [5.74, 6) is -0.160. The van der Waals surface area contributed by atoms with Crippen LogP contribution < -0.4 is 0 Å². The van der Waals surface area contributed by atoms with Gasteiger partial charge in [-0.15, -0.1) is 0 Å². The van der Waals surface area contributed by atoms with E-state index in [0.29, 0.717) is 19.6 Å². The summed E-state index contributed by atoms with van der Waals surface area (Å²) in [5.41, 5.74) is 0.440. The van der Waals surface area contributed by atoms with Crippen LogP contribution in [0.25, 0.3) is 0 Å². The van der Waals surface area contributed by atoms with E-state index in [9.17, 15) is 9.59 Å². The molecule has 3 rings (SSSR count). The summed E-state index contributed by atoms with van der Waals surface area (Å²) in [6.45, 7) is 4.41. The Labute approximate surface area is 144 Å². The van der Waals surface area contributed by atoms with Crippen molar-refractivity contribution in [2.24, 2.45) is 11.3 Å². The van der Waals surface area contributed by atoms with Gasteiger partial charge in [0.2, 0.25) is 0 Å². The fourth-order valence-electron chi connectivity index (χ4n) is 4.24. The van der Waals surface area contributed by atoms with E-state index in [-0.39, 0.29) is 17.7 Å². The van der Waals surface area contributed by atoms with Gasteiger partial charge in [-0.2, -0.15) is 0 Å². The molecular weight excluding hydrogens is 302 g/mol. The number of hydrogen-bond donors (Lipinski definition) is 0. The van der Waals surface area contributed by atoms with E-state index in [1.165, 1.54) is 5.56 Å². The van der Waals surface area contributed by atoms with Crippen molar-refractivity contribution in [3.63, 3.8) is 0 Å². The molecule has 1 aliphatic carbocycles. The topological polar surface area (TPSA) is 46.6 Å². The number of carbonyl (C=O) groups is 2. The van der Waals surface area contributed by atoms with Crippen molar-refractivity contribution < 1.29 is 14.3 Å². The standard InChI is InChI=1S/C20H27NO3/c1-2-24-19(23)20-12-6-11-17(18(20)22)14-21(15-20)13-7-10-16-8-4-3-5-9-16/h3-5,8-9,17H,2,6-7,10-15H2,1H3. The van der Waals surface area contributed by atoms with Crippen LogP contribution in [0.15, 0.2) is 30.3 Å². The number of aryl methyl sites for hydroxylation is 1. The molecule has 2 bridgehead atoms. The summed E-state index contributed by atoms with van der Waals surface area (Å²) in [4.78, 5) is 27.6. The SMILES string of the molecule is CCOC(=O)C12CCCC(CN(CCCc3ccccc3)C1)C2=O. The summed E-state index contributed by atoms with van der Waals surface area (Å²) < 4.78 is 5.26. The zero-order chi connectivity index (χ0) is 17.0. The van der Waals surface area contributed by atoms with Gasteiger partial charge in [-0.25, -0.2) is 0 Å². The number of ketones is 1. The number of piperidine rings is 1. The van der Waals surface area contributed by atoms with Gasteiger partial charge in [-0.05, 0) is 44.7 Å². The van der Waals surface area contributed by atoms with E-state index in [4.69, 9.17) is 4.74 Å². The summed E-state index contributed by atoms with van der Waals surface area (Å²) in [5, 5.41) is 0. The first-order valence-corrected chi connectivity index (χ1v) is 9.13. The van der Waals surface area contributed by atoms with Gasteiger partial charge in [0.1, 0.15) is 5.41 Å². The highest BCUT2D eigenvalue weighted by atomic mass is 16.5. The number of esters is 1. The zero-order valence-electron chi connectivity index (χ0n) is 14.5. The zero-order valence-corrected chi connectivity index (χ0v) is 14.5. The normalized spacial score (nSPS) is 27.0. The third kappa shape index (κ3) is 3.39. The number of likely N-dealkylation sites (tertiary alicyclic amines) is 1. The molecule has 130 valence electrons. The number of benzene rings is 1. The van der Waals surface area contributed by atoms with Crippen molar-refractivity contribution in [2.75, 3.05) is 26.2 Å². The minimum absolute atomic E-state index is 0.00799. The number of hydrogen-bond acceptors (Lipinski definition) is 4. The van der Waals surface area contributed by atoms with Gasteiger partial charge < -0.3 is 9.64 Å². The van der Waals surface area contributed by atoms with Gasteiger partial charge in [0, 0.05) is 19.0 Å². The summed E-state index contributed by atoms with van der Waals surface area (Å²) in [7, 11) is 0. The van der Waals surface area contributed by atoms with E-state index in [1.54, 1.807) is 6.92 Å². The molecule has 2 aliphatic rings. The molecule has 4 nitrogen and oxygen atoms in total. The van der Waals surface area contributed by atoms with Crippen molar-refractivity contribution in [2.45, 2.75) is 39.0 Å². The first-order valence-electron chi connectivity index (χ1n) is 9.13. The Bertz CT molecular complexity index is 586. The number of nitrogens with zero attached hydrogens (tertiary/aromatic N) is 1. The van der Waals surface area contributed by atoms with Crippen LogP contribution in [-0.2, 0) is 20.7 Å². The second-order valence-corrected chi connectivity index (χ2v) is 7.08. The van der Waals surface area contributed by atoms with Crippen molar-refractivity contribution in [3.05, 3.63) is 35.9 Å². The third-order valence-electron chi connectivity index (χ3n) is 5.42. The average molecular weight is 329 g/mol. The maximum Gasteiger partial charge on any atom is 0.320 e. The highest BCUT2D eigenvalue weighted by Gasteiger charge is 2.55. The lowest BCUT2D eigenvalue weighted by Gasteiger charge is -2.46. The molecule has 2 unspecified atom stereocenters. The Morgan fingerprint density at radius 3 is 2.88 bits per heavy atom. The summed E-state index contributed by atoms with van der Waals surface area (Å²) in [6.07, 6.45) is 4.59. The van der Waals surface area contributed by atoms with Crippen molar-refractivity contribution in [1.82, 2.24) is 4.90 Å². The first kappa shape index (κ1) is 17.2. The maximum absolute atomic E-state index is 12.8. The maximum atomic E-state index is 12.8. The van der Waals surface area contributed by atoms with Crippen molar-refractivity contribution >= 4 is 11.8 Å². The second-order valence-electron chi connectivity index (χ2n) is 7.08. The van der Waals surface area contributed by atoms with E-state index in [1.807, 2.05) is 6.07 Å². The quantitative estimate of drug-likeness (QED) is 0.595. The van der Waals surface area contributed by atoms with Crippen molar-refractivity contribution in [1.29, 1.82) is 0 Å². The Hall–Kier alpha value is -1.68. The molecule has 24 heavy (non-hydrogen) atoms. The largest absolute Gasteiger partial charge is 0.465 e. The molecule has 1 aromatic carbocycles. The number of fused-ring (bicyclic) bond motifs is 2. The van der Waals surface area contributed by atoms with Gasteiger partial charge in [-0.3, -0.25) is 9.59 Å². The summed E-state index contributed by atoms with van der Waals surface area (Å²) >= 11 is 0. The van der Waals surface area contributed by atoms with Gasteiger partial charge in [0.15, 0.2) is 5.78 Å². The fourth-order valence-corrected chi connectivity index (χ4v) is 4.24. The molecule has 2 fully saturated rings. The molecule has 4 heteroatoms. The van der Waals surface area contributed by atoms with Crippen LogP contribution in [0.5, 0.6) is 0 Å². The highest BCUT2D eigenvalue weighted by molar-refractivity contribution is 6.06. The van der Waals surface area contributed by atoms with Gasteiger partial charge >= 0.3 is 5.97 Å². The molecule has 0 aromatic heterocycles. The predicted molar refractivity (Wildman–Crippen MR) is 92.6 cm³/mol. The molecule has 1 aromatic rings. The first-order chi connectivity index (χ1) is 11.7. The second kappa shape index (κ2) is 7.47.